The van der Waals surface area contributed by atoms with Crippen LogP contribution in [0.5, 0.6) is 0 Å². The largest absolute Gasteiger partial charge is 0.493 e. The van der Waals surface area contributed by atoms with Crippen molar-refractivity contribution in [2.24, 2.45) is 5.41 Å². The van der Waals surface area contributed by atoms with Crippen molar-refractivity contribution in [2.75, 3.05) is 34.4 Å². The van der Waals surface area contributed by atoms with E-state index in [1.807, 2.05) is 6.07 Å². The van der Waals surface area contributed by atoms with Crippen molar-refractivity contribution in [3.63, 3.8) is 0 Å². The van der Waals surface area contributed by atoms with Gasteiger partial charge in [-0.15, -0.1) is 0 Å². The SMILES string of the molecule is COC1=C/C(=C\c2ccccc2)C2(C=C1OC)CCN(C)C2. The van der Waals surface area contributed by atoms with Crippen LogP contribution in [0.1, 0.15) is 12.0 Å². The molecule has 3 heteroatoms. The molecule has 0 saturated carbocycles. The molecule has 2 aliphatic rings. The van der Waals surface area contributed by atoms with Crippen LogP contribution in [-0.4, -0.2) is 39.3 Å². The van der Waals surface area contributed by atoms with Crippen molar-refractivity contribution in [3.05, 3.63) is 65.1 Å². The second-order valence-corrected chi connectivity index (χ2v) is 6.08. The molecular formula is C19H23NO2. The lowest BCUT2D eigenvalue weighted by atomic mass is 9.75. The number of nitrogens with zero attached hydrogens (tertiary/aromatic N) is 1. The molecule has 0 aromatic heterocycles. The zero-order chi connectivity index (χ0) is 15.6. The van der Waals surface area contributed by atoms with Gasteiger partial charge in [0.1, 0.15) is 0 Å². The molecule has 1 aliphatic carbocycles. The minimum Gasteiger partial charge on any atom is -0.493 e. The van der Waals surface area contributed by atoms with E-state index in [2.05, 4.69) is 54.4 Å². The Balaban J connectivity index is 2.07. The first-order chi connectivity index (χ1) is 10.7. The van der Waals surface area contributed by atoms with Gasteiger partial charge in [0.25, 0.3) is 0 Å². The zero-order valence-electron chi connectivity index (χ0n) is 13.5. The van der Waals surface area contributed by atoms with Crippen LogP contribution in [-0.2, 0) is 9.47 Å². The van der Waals surface area contributed by atoms with Crippen LogP contribution in [0.4, 0.5) is 0 Å². The van der Waals surface area contributed by atoms with Crippen LogP contribution < -0.4 is 0 Å². The van der Waals surface area contributed by atoms with Gasteiger partial charge in [-0.05, 0) is 43.3 Å². The molecule has 0 bridgehead atoms. The Kier molecular flexibility index (Phi) is 4.08. The molecular weight excluding hydrogens is 274 g/mol. The van der Waals surface area contributed by atoms with E-state index in [0.29, 0.717) is 0 Å². The minimum atomic E-state index is 0.0119. The van der Waals surface area contributed by atoms with Gasteiger partial charge < -0.3 is 14.4 Å². The van der Waals surface area contributed by atoms with E-state index in [0.717, 1.165) is 31.0 Å². The predicted molar refractivity (Wildman–Crippen MR) is 89.2 cm³/mol. The van der Waals surface area contributed by atoms with Crippen LogP contribution in [0, 0.1) is 5.41 Å². The molecule has 116 valence electrons. The Bertz CT molecular complexity index is 630. The average molecular weight is 297 g/mol. The topological polar surface area (TPSA) is 21.7 Å². The quantitative estimate of drug-likeness (QED) is 0.853. The maximum atomic E-state index is 5.54. The summed E-state index contributed by atoms with van der Waals surface area (Å²) in [6, 6.07) is 10.5. The van der Waals surface area contributed by atoms with Crippen molar-refractivity contribution in [3.8, 4) is 0 Å². The molecule has 0 N–H and O–H groups in total. The lowest BCUT2D eigenvalue weighted by Crippen LogP contribution is -2.28. The number of allylic oxidation sites excluding steroid dienone is 1. The van der Waals surface area contributed by atoms with Crippen molar-refractivity contribution in [2.45, 2.75) is 6.42 Å². The van der Waals surface area contributed by atoms with E-state index in [1.54, 1.807) is 14.2 Å². The highest BCUT2D eigenvalue weighted by Crippen LogP contribution is 2.45. The standard InChI is InChI=1S/C19H23NO2/c1-20-10-9-19(14-20)13-18(22-3)17(21-2)12-16(19)11-15-7-5-4-6-8-15/h4-8,11-13H,9-10,14H2,1-3H3/b16-11+. The van der Waals surface area contributed by atoms with Crippen LogP contribution in [0.25, 0.3) is 6.08 Å². The molecule has 1 saturated heterocycles. The first kappa shape index (κ1) is 14.9. The van der Waals surface area contributed by atoms with E-state index < -0.39 is 0 Å². The third-order valence-corrected chi connectivity index (χ3v) is 4.57. The van der Waals surface area contributed by atoms with E-state index in [1.165, 1.54) is 11.1 Å². The molecule has 1 aromatic carbocycles. The van der Waals surface area contributed by atoms with Crippen LogP contribution >= 0.6 is 0 Å². The van der Waals surface area contributed by atoms with Crippen LogP contribution in [0.3, 0.4) is 0 Å². The van der Waals surface area contributed by atoms with E-state index in [4.69, 9.17) is 9.47 Å². The lowest BCUT2D eigenvalue weighted by molar-refractivity contribution is 0.209. The van der Waals surface area contributed by atoms with Crippen molar-refractivity contribution in [1.29, 1.82) is 0 Å². The molecule has 1 spiro atoms. The zero-order valence-corrected chi connectivity index (χ0v) is 13.5. The van der Waals surface area contributed by atoms with Crippen LogP contribution in [0.2, 0.25) is 0 Å². The fraction of sp³-hybridized carbons (Fsp3) is 0.368. The molecule has 1 heterocycles. The van der Waals surface area contributed by atoms with Crippen molar-refractivity contribution in [1.82, 2.24) is 4.90 Å². The highest BCUT2D eigenvalue weighted by molar-refractivity contribution is 5.62. The molecule has 1 aromatic rings. The minimum absolute atomic E-state index is 0.0119. The van der Waals surface area contributed by atoms with E-state index >= 15 is 0 Å². The number of hydrogen-bond acceptors (Lipinski definition) is 3. The van der Waals surface area contributed by atoms with Gasteiger partial charge in [0, 0.05) is 12.0 Å². The smallest absolute Gasteiger partial charge is 0.160 e. The predicted octanol–water partition coefficient (Wildman–Crippen LogP) is 3.47. The third kappa shape index (κ3) is 2.69. The van der Waals surface area contributed by atoms with Crippen molar-refractivity contribution < 1.29 is 9.47 Å². The molecule has 3 rings (SSSR count). The summed E-state index contributed by atoms with van der Waals surface area (Å²) in [7, 11) is 5.57. The number of methoxy groups -OCH3 is 2. The van der Waals surface area contributed by atoms with E-state index in [-0.39, 0.29) is 5.41 Å². The van der Waals surface area contributed by atoms with Gasteiger partial charge in [-0.25, -0.2) is 0 Å². The van der Waals surface area contributed by atoms with Gasteiger partial charge in [0.05, 0.1) is 14.2 Å². The number of benzene rings is 1. The molecule has 22 heavy (non-hydrogen) atoms. The Morgan fingerprint density at radius 1 is 1.09 bits per heavy atom. The summed E-state index contributed by atoms with van der Waals surface area (Å²) in [6.45, 7) is 2.10. The van der Waals surface area contributed by atoms with E-state index in [9.17, 15) is 0 Å². The number of hydrogen-bond donors (Lipinski definition) is 0. The normalized spacial score (nSPS) is 27.0. The molecule has 0 amide bonds. The fourth-order valence-corrected chi connectivity index (χ4v) is 3.38. The second kappa shape index (κ2) is 6.01. The summed E-state index contributed by atoms with van der Waals surface area (Å²) in [6.07, 6.45) is 7.73. The first-order valence-electron chi connectivity index (χ1n) is 7.65. The van der Waals surface area contributed by atoms with Gasteiger partial charge in [-0.3, -0.25) is 0 Å². The lowest BCUT2D eigenvalue weighted by Gasteiger charge is -2.32. The molecule has 0 radical (unpaired) electrons. The molecule has 1 unspecified atom stereocenters. The Labute approximate surface area is 132 Å². The van der Waals surface area contributed by atoms with Gasteiger partial charge in [-0.2, -0.15) is 0 Å². The Hall–Kier alpha value is -2.00. The summed E-state index contributed by atoms with van der Waals surface area (Å²) in [5.41, 5.74) is 2.52. The first-order valence-corrected chi connectivity index (χ1v) is 7.65. The van der Waals surface area contributed by atoms with Crippen LogP contribution in [0.15, 0.2) is 59.6 Å². The Morgan fingerprint density at radius 3 is 2.41 bits per heavy atom. The second-order valence-electron chi connectivity index (χ2n) is 6.08. The molecule has 1 atom stereocenters. The number of likely N-dealkylation sites (tertiary alicyclic amines) is 1. The molecule has 1 fully saturated rings. The highest BCUT2D eigenvalue weighted by atomic mass is 16.5. The molecule has 3 nitrogen and oxygen atoms in total. The average Bonchev–Trinajstić information content (AvgIpc) is 2.91. The molecule has 1 aliphatic heterocycles. The van der Waals surface area contributed by atoms with Gasteiger partial charge in [0.2, 0.25) is 0 Å². The van der Waals surface area contributed by atoms with Gasteiger partial charge >= 0.3 is 0 Å². The maximum absolute atomic E-state index is 5.54. The Morgan fingerprint density at radius 2 is 1.82 bits per heavy atom. The summed E-state index contributed by atoms with van der Waals surface area (Å²) < 4.78 is 11.0. The van der Waals surface area contributed by atoms with Gasteiger partial charge in [0.15, 0.2) is 11.5 Å². The summed E-state index contributed by atoms with van der Waals surface area (Å²) in [4.78, 5) is 2.37. The number of ether oxygens (including phenoxy) is 2. The van der Waals surface area contributed by atoms with Gasteiger partial charge in [-0.1, -0.05) is 36.4 Å². The summed E-state index contributed by atoms with van der Waals surface area (Å²) in [5, 5.41) is 0. The maximum Gasteiger partial charge on any atom is 0.160 e. The number of rotatable bonds is 3. The third-order valence-electron chi connectivity index (χ3n) is 4.57. The summed E-state index contributed by atoms with van der Waals surface area (Å²) in [5.74, 6) is 1.63. The highest BCUT2D eigenvalue weighted by Gasteiger charge is 2.41. The fourth-order valence-electron chi connectivity index (χ4n) is 3.38. The van der Waals surface area contributed by atoms with Crippen molar-refractivity contribution >= 4 is 6.08 Å². The summed E-state index contributed by atoms with van der Waals surface area (Å²) >= 11 is 0. The monoisotopic (exact) mass is 297 g/mol.